The van der Waals surface area contributed by atoms with Crippen molar-refractivity contribution >= 4 is 12.0 Å². The van der Waals surface area contributed by atoms with Gasteiger partial charge in [0, 0.05) is 18.8 Å². The van der Waals surface area contributed by atoms with Crippen LogP contribution >= 0.6 is 0 Å². The first-order valence-corrected chi connectivity index (χ1v) is 7.09. The van der Waals surface area contributed by atoms with E-state index in [1.54, 1.807) is 23.2 Å². The SMILES string of the molecule is O=C(/C=C/c1ccc2c(c1)OCO2)N1Cc2cccnc2C1. The highest BCUT2D eigenvalue weighted by atomic mass is 16.7. The van der Waals surface area contributed by atoms with E-state index in [0.29, 0.717) is 18.8 Å². The van der Waals surface area contributed by atoms with Gasteiger partial charge in [0.25, 0.3) is 0 Å². The zero-order chi connectivity index (χ0) is 14.9. The fraction of sp³-hybridized carbons (Fsp3) is 0.176. The lowest BCUT2D eigenvalue weighted by Gasteiger charge is -2.11. The van der Waals surface area contributed by atoms with E-state index < -0.39 is 0 Å². The zero-order valence-electron chi connectivity index (χ0n) is 11.9. The van der Waals surface area contributed by atoms with Crippen molar-refractivity contribution in [2.75, 3.05) is 6.79 Å². The van der Waals surface area contributed by atoms with Crippen molar-refractivity contribution in [2.24, 2.45) is 0 Å². The molecule has 0 unspecified atom stereocenters. The van der Waals surface area contributed by atoms with Gasteiger partial charge in [0.05, 0.1) is 12.2 Å². The van der Waals surface area contributed by atoms with Crippen LogP contribution in [0.1, 0.15) is 16.8 Å². The van der Waals surface area contributed by atoms with Crippen LogP contribution in [0.3, 0.4) is 0 Å². The molecule has 2 aromatic rings. The number of aromatic nitrogens is 1. The number of nitrogens with zero attached hydrogens (tertiary/aromatic N) is 2. The summed E-state index contributed by atoms with van der Waals surface area (Å²) in [6, 6.07) is 9.53. The molecule has 0 saturated carbocycles. The number of hydrogen-bond acceptors (Lipinski definition) is 4. The minimum Gasteiger partial charge on any atom is -0.454 e. The molecule has 0 spiro atoms. The Hall–Kier alpha value is -2.82. The molecule has 110 valence electrons. The highest BCUT2D eigenvalue weighted by Gasteiger charge is 2.22. The average molecular weight is 294 g/mol. The molecule has 2 aliphatic heterocycles. The van der Waals surface area contributed by atoms with Crippen molar-refractivity contribution in [3.05, 3.63) is 59.4 Å². The van der Waals surface area contributed by atoms with Gasteiger partial charge in [0.15, 0.2) is 11.5 Å². The van der Waals surface area contributed by atoms with Crippen molar-refractivity contribution < 1.29 is 14.3 Å². The first kappa shape index (κ1) is 12.9. The molecule has 3 heterocycles. The molecule has 2 aliphatic rings. The molecular formula is C17H14N2O3. The fourth-order valence-electron chi connectivity index (χ4n) is 2.65. The molecule has 0 bridgehead atoms. The van der Waals surface area contributed by atoms with E-state index in [9.17, 15) is 4.79 Å². The van der Waals surface area contributed by atoms with Gasteiger partial charge < -0.3 is 14.4 Å². The van der Waals surface area contributed by atoms with Crippen LogP contribution in [0.4, 0.5) is 0 Å². The normalized spacial score (nSPS) is 15.4. The summed E-state index contributed by atoms with van der Waals surface area (Å²) >= 11 is 0. The predicted octanol–water partition coefficient (Wildman–Crippen LogP) is 2.37. The minimum absolute atomic E-state index is 0.0179. The molecule has 4 rings (SSSR count). The molecule has 5 nitrogen and oxygen atoms in total. The van der Waals surface area contributed by atoms with Crippen molar-refractivity contribution in [3.8, 4) is 11.5 Å². The number of benzene rings is 1. The van der Waals surface area contributed by atoms with E-state index in [2.05, 4.69) is 4.98 Å². The van der Waals surface area contributed by atoms with Crippen molar-refractivity contribution in [2.45, 2.75) is 13.1 Å². The summed E-state index contributed by atoms with van der Waals surface area (Å²) in [7, 11) is 0. The van der Waals surface area contributed by atoms with Crippen LogP contribution in [0.15, 0.2) is 42.6 Å². The maximum absolute atomic E-state index is 12.3. The lowest BCUT2D eigenvalue weighted by molar-refractivity contribution is -0.126. The third-order valence-electron chi connectivity index (χ3n) is 3.81. The fourth-order valence-corrected chi connectivity index (χ4v) is 2.65. The lowest BCUT2D eigenvalue weighted by atomic mass is 10.2. The van der Waals surface area contributed by atoms with E-state index in [1.165, 1.54) is 0 Å². The Balaban J connectivity index is 1.46. The second-order valence-electron chi connectivity index (χ2n) is 5.25. The molecule has 1 aromatic carbocycles. The van der Waals surface area contributed by atoms with E-state index in [-0.39, 0.29) is 12.7 Å². The van der Waals surface area contributed by atoms with Gasteiger partial charge in [0.2, 0.25) is 12.7 Å². The number of carbonyl (C=O) groups is 1. The molecule has 5 heteroatoms. The summed E-state index contributed by atoms with van der Waals surface area (Å²) < 4.78 is 10.6. The van der Waals surface area contributed by atoms with Crippen LogP contribution in [0.2, 0.25) is 0 Å². The van der Waals surface area contributed by atoms with Gasteiger partial charge in [-0.3, -0.25) is 9.78 Å². The Bertz CT molecular complexity index is 745. The lowest BCUT2D eigenvalue weighted by Crippen LogP contribution is -2.23. The van der Waals surface area contributed by atoms with Crippen LogP contribution in [-0.4, -0.2) is 22.6 Å². The van der Waals surface area contributed by atoms with Gasteiger partial charge in [-0.05, 0) is 35.4 Å². The van der Waals surface area contributed by atoms with Gasteiger partial charge in [-0.1, -0.05) is 12.1 Å². The molecule has 0 radical (unpaired) electrons. The summed E-state index contributed by atoms with van der Waals surface area (Å²) in [5.41, 5.74) is 3.01. The van der Waals surface area contributed by atoms with Crippen molar-refractivity contribution in [1.29, 1.82) is 0 Å². The maximum Gasteiger partial charge on any atom is 0.247 e. The van der Waals surface area contributed by atoms with E-state index >= 15 is 0 Å². The van der Waals surface area contributed by atoms with Gasteiger partial charge in [-0.15, -0.1) is 0 Å². The van der Waals surface area contributed by atoms with Gasteiger partial charge >= 0.3 is 0 Å². The second kappa shape index (κ2) is 5.18. The molecule has 0 atom stereocenters. The Morgan fingerprint density at radius 2 is 2.09 bits per heavy atom. The van der Waals surface area contributed by atoms with Crippen molar-refractivity contribution in [1.82, 2.24) is 9.88 Å². The van der Waals surface area contributed by atoms with Crippen LogP contribution in [0.5, 0.6) is 11.5 Å². The molecule has 0 fully saturated rings. The summed E-state index contributed by atoms with van der Waals surface area (Å²) in [6.07, 6.45) is 5.14. The Kier molecular flexibility index (Phi) is 3.04. The topological polar surface area (TPSA) is 51.7 Å². The number of carbonyl (C=O) groups excluding carboxylic acids is 1. The first-order chi connectivity index (χ1) is 10.8. The number of amides is 1. The van der Waals surface area contributed by atoms with Crippen LogP contribution in [-0.2, 0) is 17.9 Å². The van der Waals surface area contributed by atoms with Crippen LogP contribution < -0.4 is 9.47 Å². The molecule has 1 amide bonds. The molecule has 22 heavy (non-hydrogen) atoms. The maximum atomic E-state index is 12.3. The number of pyridine rings is 1. The minimum atomic E-state index is -0.0179. The van der Waals surface area contributed by atoms with E-state index in [1.807, 2.05) is 30.3 Å². The van der Waals surface area contributed by atoms with Gasteiger partial charge in [-0.2, -0.15) is 0 Å². The predicted molar refractivity (Wildman–Crippen MR) is 80.1 cm³/mol. The van der Waals surface area contributed by atoms with Gasteiger partial charge in [0.1, 0.15) is 0 Å². The summed E-state index contributed by atoms with van der Waals surface area (Å²) in [5, 5.41) is 0. The Morgan fingerprint density at radius 1 is 1.18 bits per heavy atom. The molecule has 0 N–H and O–H groups in total. The van der Waals surface area contributed by atoms with E-state index in [0.717, 1.165) is 22.6 Å². The summed E-state index contributed by atoms with van der Waals surface area (Å²) in [4.78, 5) is 18.4. The highest BCUT2D eigenvalue weighted by molar-refractivity contribution is 5.92. The summed E-state index contributed by atoms with van der Waals surface area (Å²) in [6.45, 7) is 1.44. The molecule has 0 saturated heterocycles. The second-order valence-corrected chi connectivity index (χ2v) is 5.25. The smallest absolute Gasteiger partial charge is 0.247 e. The third-order valence-corrected chi connectivity index (χ3v) is 3.81. The average Bonchev–Trinajstić information content (AvgIpc) is 3.18. The number of ether oxygens (including phenoxy) is 2. The Labute approximate surface area is 127 Å². The van der Waals surface area contributed by atoms with Gasteiger partial charge in [-0.25, -0.2) is 0 Å². The zero-order valence-corrected chi connectivity index (χ0v) is 11.9. The van der Waals surface area contributed by atoms with Crippen LogP contribution in [0, 0.1) is 0 Å². The third kappa shape index (κ3) is 2.30. The number of rotatable bonds is 2. The number of fused-ring (bicyclic) bond motifs is 2. The van der Waals surface area contributed by atoms with Crippen LogP contribution in [0.25, 0.3) is 6.08 Å². The highest BCUT2D eigenvalue weighted by Crippen LogP contribution is 2.32. The quantitative estimate of drug-likeness (QED) is 0.798. The van der Waals surface area contributed by atoms with Crippen molar-refractivity contribution in [3.63, 3.8) is 0 Å². The standard InChI is InChI=1S/C17H14N2O3/c20-17(19-9-13-2-1-7-18-14(13)10-19)6-4-12-3-5-15-16(8-12)22-11-21-15/h1-8H,9-11H2/b6-4+. The monoisotopic (exact) mass is 294 g/mol. The van der Waals surface area contributed by atoms with E-state index in [4.69, 9.17) is 9.47 Å². The molecular weight excluding hydrogens is 280 g/mol. The largest absolute Gasteiger partial charge is 0.454 e. The Morgan fingerprint density at radius 3 is 3.00 bits per heavy atom. The molecule has 0 aliphatic carbocycles. The molecule has 1 aromatic heterocycles. The summed E-state index contributed by atoms with van der Waals surface area (Å²) in [5.74, 6) is 1.44. The number of hydrogen-bond donors (Lipinski definition) is 0. The first-order valence-electron chi connectivity index (χ1n) is 7.09.